The molecule has 0 amide bonds. The molecule has 2 aromatic carbocycles. The van der Waals surface area contributed by atoms with E-state index in [0.29, 0.717) is 29.1 Å². The van der Waals surface area contributed by atoms with Gasteiger partial charge in [-0.2, -0.15) is 10.5 Å². The van der Waals surface area contributed by atoms with Crippen molar-refractivity contribution < 1.29 is 15.2 Å². The smallest absolute Gasteiger partial charge is 0.259 e. The normalized spacial score (nSPS) is 16.3. The fourth-order valence-electron chi connectivity index (χ4n) is 3.80. The molecule has 31 heavy (non-hydrogen) atoms. The van der Waals surface area contributed by atoms with Crippen molar-refractivity contribution in [2.24, 2.45) is 5.73 Å². The zero-order chi connectivity index (χ0) is 22.1. The molecule has 2 atom stereocenters. The molecule has 8 heteroatoms. The van der Waals surface area contributed by atoms with Gasteiger partial charge in [0, 0.05) is 23.9 Å². The topological polar surface area (TPSA) is 129 Å². The van der Waals surface area contributed by atoms with Crippen molar-refractivity contribution in [1.29, 1.82) is 5.26 Å². The number of aryl methyl sites for hydroxylation is 1. The highest BCUT2D eigenvalue weighted by Crippen LogP contribution is 2.40. The summed E-state index contributed by atoms with van der Waals surface area (Å²) < 4.78 is 7.27. The van der Waals surface area contributed by atoms with Crippen LogP contribution in [-0.2, 0) is 6.54 Å². The van der Waals surface area contributed by atoms with Gasteiger partial charge in [0.15, 0.2) is 5.69 Å². The summed E-state index contributed by atoms with van der Waals surface area (Å²) in [7, 11) is 0. The second kappa shape index (κ2) is 8.08. The fourth-order valence-corrected chi connectivity index (χ4v) is 3.80. The molecule has 1 aromatic heterocycles. The number of hydrogen-bond acceptors (Lipinski definition) is 6. The van der Waals surface area contributed by atoms with Crippen molar-refractivity contribution in [3.8, 4) is 11.8 Å². The van der Waals surface area contributed by atoms with Crippen LogP contribution in [0, 0.1) is 23.5 Å². The number of nitrogens with one attached hydrogen (secondary N) is 1. The Kier molecular flexibility index (Phi) is 5.31. The third kappa shape index (κ3) is 3.69. The Morgan fingerprint density at radius 2 is 1.90 bits per heavy atom. The molecule has 1 unspecified atom stereocenters. The molecular formula is C23H20N4O4. The van der Waals surface area contributed by atoms with Crippen molar-refractivity contribution in [3.05, 3.63) is 110 Å². The molecule has 156 valence electrons. The highest BCUT2D eigenvalue weighted by molar-refractivity contribution is 5.56. The zero-order valence-electron chi connectivity index (χ0n) is 16.7. The van der Waals surface area contributed by atoms with Gasteiger partial charge in [-0.1, -0.05) is 42.5 Å². The summed E-state index contributed by atoms with van der Waals surface area (Å²) in [5.74, 6) is -0.524. The monoisotopic (exact) mass is 416 g/mol. The number of aromatic nitrogens is 1. The van der Waals surface area contributed by atoms with Crippen molar-refractivity contribution >= 4 is 5.69 Å². The van der Waals surface area contributed by atoms with E-state index < -0.39 is 11.1 Å². The van der Waals surface area contributed by atoms with Crippen LogP contribution in [0.5, 0.6) is 5.75 Å². The van der Waals surface area contributed by atoms with Gasteiger partial charge >= 0.3 is 0 Å². The maximum Gasteiger partial charge on any atom is 0.259 e. The summed E-state index contributed by atoms with van der Waals surface area (Å²) in [6, 6.07) is 19.4. The summed E-state index contributed by atoms with van der Waals surface area (Å²) in [6.07, 6.45) is 0. The minimum Gasteiger partial charge on any atom is -0.595 e. The number of quaternary nitrogens is 1. The average molecular weight is 416 g/mol. The third-order valence-corrected chi connectivity index (χ3v) is 5.36. The number of allylic oxidation sites excluding steroid dienone is 1. The maximum atomic E-state index is 13.6. The molecule has 1 aliphatic rings. The Morgan fingerprint density at radius 1 is 1.23 bits per heavy atom. The molecule has 2 heterocycles. The molecule has 0 saturated heterocycles. The Labute approximate surface area is 178 Å². The predicted octanol–water partition coefficient (Wildman–Crippen LogP) is 1.83. The van der Waals surface area contributed by atoms with E-state index >= 15 is 0 Å². The van der Waals surface area contributed by atoms with Crippen LogP contribution in [0.4, 0.5) is 5.69 Å². The van der Waals surface area contributed by atoms with Crippen molar-refractivity contribution in [2.75, 3.05) is 0 Å². The van der Waals surface area contributed by atoms with Gasteiger partial charge in [-0.3, -0.25) is 4.79 Å². The first kappa shape index (κ1) is 20.4. The molecule has 0 aliphatic carbocycles. The van der Waals surface area contributed by atoms with Gasteiger partial charge in [0.25, 0.3) is 5.56 Å². The second-order valence-corrected chi connectivity index (χ2v) is 7.29. The molecular weight excluding hydrogens is 396 g/mol. The van der Waals surface area contributed by atoms with E-state index in [0.717, 1.165) is 5.56 Å². The summed E-state index contributed by atoms with van der Waals surface area (Å²) in [4.78, 5) is 13.6. The number of fused-ring (bicyclic) bond motifs is 1. The van der Waals surface area contributed by atoms with Gasteiger partial charge in [0.2, 0.25) is 5.88 Å². The van der Waals surface area contributed by atoms with E-state index in [-0.39, 0.29) is 22.7 Å². The lowest BCUT2D eigenvalue weighted by Gasteiger charge is -2.27. The number of nitriles is 1. The highest BCUT2D eigenvalue weighted by atomic mass is 16.8. The molecule has 0 bridgehead atoms. The van der Waals surface area contributed by atoms with E-state index in [4.69, 9.17) is 10.5 Å². The summed E-state index contributed by atoms with van der Waals surface area (Å²) in [5, 5.41) is 29.1. The minimum atomic E-state index is -1.06. The predicted molar refractivity (Wildman–Crippen MR) is 112 cm³/mol. The Morgan fingerprint density at radius 3 is 2.52 bits per heavy atom. The number of hydrogen-bond donors (Lipinski definition) is 3. The van der Waals surface area contributed by atoms with Gasteiger partial charge in [-0.05, 0) is 18.1 Å². The van der Waals surface area contributed by atoms with E-state index in [2.05, 4.69) is 6.07 Å². The van der Waals surface area contributed by atoms with Crippen LogP contribution in [0.1, 0.15) is 28.3 Å². The second-order valence-electron chi connectivity index (χ2n) is 7.29. The maximum absolute atomic E-state index is 13.6. The van der Waals surface area contributed by atoms with Gasteiger partial charge in [-0.25, -0.2) is 5.21 Å². The van der Waals surface area contributed by atoms with E-state index in [1.54, 1.807) is 22.8 Å². The van der Waals surface area contributed by atoms with Crippen LogP contribution >= 0.6 is 0 Å². The van der Waals surface area contributed by atoms with Crippen LogP contribution in [0.15, 0.2) is 76.9 Å². The molecule has 0 spiro atoms. The van der Waals surface area contributed by atoms with Crippen LogP contribution in [-0.4, -0.2) is 9.77 Å². The minimum absolute atomic E-state index is 0.0677. The Balaban J connectivity index is 1.89. The van der Waals surface area contributed by atoms with Crippen LogP contribution < -0.4 is 21.3 Å². The molecule has 8 nitrogen and oxygen atoms in total. The van der Waals surface area contributed by atoms with Crippen molar-refractivity contribution in [1.82, 2.24) is 4.57 Å². The first-order chi connectivity index (χ1) is 14.9. The number of pyridine rings is 1. The number of nitrogens with two attached hydrogens (primary N) is 1. The summed E-state index contributed by atoms with van der Waals surface area (Å²) in [6.45, 7) is 2.18. The average Bonchev–Trinajstić information content (AvgIpc) is 2.76. The van der Waals surface area contributed by atoms with Gasteiger partial charge in [0.1, 0.15) is 17.4 Å². The quantitative estimate of drug-likeness (QED) is 0.557. The lowest BCUT2D eigenvalue weighted by Crippen LogP contribution is -2.99. The number of benzene rings is 2. The fraction of sp³-hybridized carbons (Fsp3) is 0.130. The van der Waals surface area contributed by atoms with Crippen LogP contribution in [0.25, 0.3) is 0 Å². The first-order valence-corrected chi connectivity index (χ1v) is 9.59. The van der Waals surface area contributed by atoms with E-state index in [9.17, 15) is 20.5 Å². The SMILES string of the molecule is Cc1cc2c(c(=O)n1Cc1ccccc1)[C@H](c1ccc([NH+]([O-])O)cc1)C(C#N)=C(N)O2. The van der Waals surface area contributed by atoms with Gasteiger partial charge in [-0.15, -0.1) is 0 Å². The van der Waals surface area contributed by atoms with Crippen LogP contribution in [0.3, 0.4) is 0 Å². The summed E-state index contributed by atoms with van der Waals surface area (Å²) >= 11 is 0. The largest absolute Gasteiger partial charge is 0.595 e. The molecule has 0 fully saturated rings. The molecule has 3 aromatic rings. The molecule has 0 saturated carbocycles. The molecule has 1 aliphatic heterocycles. The lowest BCUT2D eigenvalue weighted by molar-refractivity contribution is -0.991. The van der Waals surface area contributed by atoms with Gasteiger partial charge < -0.3 is 20.2 Å². The van der Waals surface area contributed by atoms with Gasteiger partial charge in [0.05, 0.1) is 18.0 Å². The summed E-state index contributed by atoms with van der Waals surface area (Å²) in [5.41, 5.74) is 8.48. The van der Waals surface area contributed by atoms with Crippen LogP contribution in [0.2, 0.25) is 0 Å². The molecule has 4 N–H and O–H groups in total. The number of nitrogens with zero attached hydrogens (tertiary/aromatic N) is 2. The highest BCUT2D eigenvalue weighted by Gasteiger charge is 2.34. The van der Waals surface area contributed by atoms with Crippen molar-refractivity contribution in [3.63, 3.8) is 0 Å². The standard InChI is InChI=1S/C23H20N4O4/c1-14-11-19-21(23(28)26(14)13-15-5-3-2-4-6-15)20(18(12-24)22(25)31-19)16-7-9-17(10-8-16)27(29)30/h2-11,20,27,29H,13,25H2,1H3/t20-/m1/s1. The molecule has 4 rings (SSSR count). The third-order valence-electron chi connectivity index (χ3n) is 5.36. The zero-order valence-corrected chi connectivity index (χ0v) is 16.7. The lowest BCUT2D eigenvalue weighted by atomic mass is 9.84. The van der Waals surface area contributed by atoms with E-state index in [1.165, 1.54) is 12.1 Å². The Hall–Kier alpha value is -3.90. The Bertz CT molecular complexity index is 1260. The molecule has 0 radical (unpaired) electrons. The van der Waals surface area contributed by atoms with Crippen molar-refractivity contribution in [2.45, 2.75) is 19.4 Å². The first-order valence-electron chi connectivity index (χ1n) is 9.59. The number of ether oxygens (including phenoxy) is 1. The number of rotatable bonds is 4. The van der Waals surface area contributed by atoms with E-state index in [1.807, 2.05) is 37.3 Å².